The first-order valence-electron chi connectivity index (χ1n) is 5.04. The van der Waals surface area contributed by atoms with Crippen LogP contribution in [-0.4, -0.2) is 29.2 Å². The number of hydrogen-bond acceptors (Lipinski definition) is 3. The fraction of sp³-hybridized carbons (Fsp3) is 0.700. The van der Waals surface area contributed by atoms with Crippen molar-refractivity contribution in [1.82, 2.24) is 15.3 Å². The Bertz CT molecular complexity index is 260. The largest absolute Gasteiger partial charge is 0.380 e. The Kier molecular flexibility index (Phi) is 4.62. The summed E-state index contributed by atoms with van der Waals surface area (Å²) in [6, 6.07) is 0.374. The van der Waals surface area contributed by atoms with Gasteiger partial charge in [0, 0.05) is 31.1 Å². The number of aromatic amines is 1. The molecule has 0 radical (unpaired) electrons. The molecule has 0 aromatic carbocycles. The van der Waals surface area contributed by atoms with E-state index in [9.17, 15) is 0 Å². The summed E-state index contributed by atoms with van der Waals surface area (Å²) in [6.45, 7) is 8.41. The highest BCUT2D eigenvalue weighted by Gasteiger charge is 2.02. The minimum Gasteiger partial charge on any atom is -0.380 e. The van der Waals surface area contributed by atoms with E-state index in [2.05, 4.69) is 22.2 Å². The highest BCUT2D eigenvalue weighted by Crippen LogP contribution is 1.95. The lowest BCUT2D eigenvalue weighted by molar-refractivity contribution is 0.127. The van der Waals surface area contributed by atoms with Gasteiger partial charge in [0.2, 0.25) is 0 Å². The molecule has 1 aromatic rings. The van der Waals surface area contributed by atoms with Crippen molar-refractivity contribution in [3.63, 3.8) is 0 Å². The van der Waals surface area contributed by atoms with Crippen LogP contribution in [0.2, 0.25) is 0 Å². The van der Waals surface area contributed by atoms with Crippen molar-refractivity contribution in [2.24, 2.45) is 0 Å². The Balaban J connectivity index is 2.20. The number of imidazole rings is 1. The van der Waals surface area contributed by atoms with Gasteiger partial charge < -0.3 is 15.0 Å². The Morgan fingerprint density at radius 1 is 1.64 bits per heavy atom. The number of nitrogens with zero attached hydrogens (tertiary/aromatic N) is 1. The second-order valence-corrected chi connectivity index (χ2v) is 3.44. The smallest absolute Gasteiger partial charge is 0.103 e. The van der Waals surface area contributed by atoms with E-state index in [1.165, 1.54) is 0 Å². The van der Waals surface area contributed by atoms with Crippen molar-refractivity contribution in [2.45, 2.75) is 33.4 Å². The van der Waals surface area contributed by atoms with Crippen LogP contribution in [0.5, 0.6) is 0 Å². The molecule has 0 amide bonds. The molecule has 0 aliphatic carbocycles. The van der Waals surface area contributed by atoms with Gasteiger partial charge in [-0.2, -0.15) is 0 Å². The molecule has 4 nitrogen and oxygen atoms in total. The van der Waals surface area contributed by atoms with E-state index in [4.69, 9.17) is 4.74 Å². The van der Waals surface area contributed by atoms with Gasteiger partial charge in [-0.05, 0) is 20.8 Å². The molecule has 2 N–H and O–H groups in total. The molecule has 0 aliphatic rings. The Morgan fingerprint density at radius 3 is 3.00 bits per heavy atom. The molecule has 0 aliphatic heterocycles. The van der Waals surface area contributed by atoms with Gasteiger partial charge in [-0.15, -0.1) is 0 Å². The zero-order valence-corrected chi connectivity index (χ0v) is 9.13. The number of aryl methyl sites for hydroxylation is 1. The fourth-order valence-corrected chi connectivity index (χ4v) is 1.20. The Hall–Kier alpha value is -0.870. The topological polar surface area (TPSA) is 49.9 Å². The highest BCUT2D eigenvalue weighted by atomic mass is 16.5. The van der Waals surface area contributed by atoms with Crippen molar-refractivity contribution in [2.75, 3.05) is 13.2 Å². The predicted molar refractivity (Wildman–Crippen MR) is 56.1 cm³/mol. The van der Waals surface area contributed by atoms with Crippen LogP contribution in [0.4, 0.5) is 0 Å². The molecule has 0 spiro atoms. The predicted octanol–water partition coefficient (Wildman–Crippen LogP) is 1.23. The molecular formula is C10H19N3O. The first kappa shape index (κ1) is 11.2. The van der Waals surface area contributed by atoms with Gasteiger partial charge in [-0.3, -0.25) is 0 Å². The summed E-state index contributed by atoms with van der Waals surface area (Å²) < 4.78 is 5.30. The lowest BCUT2D eigenvalue weighted by Crippen LogP contribution is -2.30. The lowest BCUT2D eigenvalue weighted by atomic mass is 10.3. The molecule has 0 saturated carbocycles. The maximum absolute atomic E-state index is 5.30. The van der Waals surface area contributed by atoms with E-state index in [1.54, 1.807) is 0 Å². The van der Waals surface area contributed by atoms with Crippen LogP contribution in [0.3, 0.4) is 0 Å². The average Bonchev–Trinajstić information content (AvgIpc) is 2.58. The maximum Gasteiger partial charge on any atom is 0.103 e. The standard InChI is InChI=1S/C10H19N3O/c1-4-14-7-8(2)11-5-10-6-12-9(3)13-10/h6,8,11H,4-5,7H2,1-3H3,(H,12,13). The van der Waals surface area contributed by atoms with Crippen LogP contribution < -0.4 is 5.32 Å². The van der Waals surface area contributed by atoms with E-state index in [0.717, 1.165) is 31.3 Å². The zero-order valence-electron chi connectivity index (χ0n) is 9.13. The summed E-state index contributed by atoms with van der Waals surface area (Å²) >= 11 is 0. The minimum atomic E-state index is 0.374. The van der Waals surface area contributed by atoms with E-state index in [0.29, 0.717) is 6.04 Å². The van der Waals surface area contributed by atoms with E-state index in [1.807, 2.05) is 20.0 Å². The molecule has 1 rings (SSSR count). The summed E-state index contributed by atoms with van der Waals surface area (Å²) in [5.41, 5.74) is 1.12. The third-order valence-corrected chi connectivity index (χ3v) is 1.97. The molecule has 1 heterocycles. The first-order chi connectivity index (χ1) is 6.72. The van der Waals surface area contributed by atoms with Crippen LogP contribution in [0, 0.1) is 6.92 Å². The van der Waals surface area contributed by atoms with Gasteiger partial charge in [-0.1, -0.05) is 0 Å². The fourth-order valence-electron chi connectivity index (χ4n) is 1.20. The molecule has 4 heteroatoms. The SMILES string of the molecule is CCOCC(C)NCc1cnc(C)[nH]1. The molecule has 0 saturated heterocycles. The number of ether oxygens (including phenoxy) is 1. The summed E-state index contributed by atoms with van der Waals surface area (Å²) in [5.74, 6) is 0.958. The zero-order chi connectivity index (χ0) is 10.4. The second kappa shape index (κ2) is 5.78. The van der Waals surface area contributed by atoms with Crippen LogP contribution >= 0.6 is 0 Å². The van der Waals surface area contributed by atoms with E-state index in [-0.39, 0.29) is 0 Å². The maximum atomic E-state index is 5.30. The number of hydrogen-bond donors (Lipinski definition) is 2. The van der Waals surface area contributed by atoms with Crippen molar-refractivity contribution in [1.29, 1.82) is 0 Å². The highest BCUT2D eigenvalue weighted by molar-refractivity contribution is 4.99. The van der Waals surface area contributed by atoms with E-state index >= 15 is 0 Å². The molecule has 1 atom stereocenters. The van der Waals surface area contributed by atoms with Gasteiger partial charge in [0.25, 0.3) is 0 Å². The third kappa shape index (κ3) is 3.89. The summed E-state index contributed by atoms with van der Waals surface area (Å²) in [6.07, 6.45) is 1.86. The molecule has 80 valence electrons. The molecule has 0 bridgehead atoms. The van der Waals surface area contributed by atoms with Crippen molar-refractivity contribution < 1.29 is 4.74 Å². The Labute approximate surface area is 85.1 Å². The summed E-state index contributed by atoms with van der Waals surface area (Å²) in [7, 11) is 0. The third-order valence-electron chi connectivity index (χ3n) is 1.97. The quantitative estimate of drug-likeness (QED) is 0.721. The van der Waals surface area contributed by atoms with Gasteiger partial charge in [0.05, 0.1) is 6.61 Å². The monoisotopic (exact) mass is 197 g/mol. The van der Waals surface area contributed by atoms with Gasteiger partial charge in [-0.25, -0.2) is 4.98 Å². The lowest BCUT2D eigenvalue weighted by Gasteiger charge is -2.12. The van der Waals surface area contributed by atoms with E-state index < -0.39 is 0 Å². The second-order valence-electron chi connectivity index (χ2n) is 3.44. The number of H-pyrrole nitrogens is 1. The van der Waals surface area contributed by atoms with Crippen molar-refractivity contribution in [3.05, 3.63) is 17.7 Å². The summed E-state index contributed by atoms with van der Waals surface area (Å²) in [4.78, 5) is 7.30. The minimum absolute atomic E-state index is 0.374. The molecule has 14 heavy (non-hydrogen) atoms. The van der Waals surface area contributed by atoms with Crippen molar-refractivity contribution >= 4 is 0 Å². The van der Waals surface area contributed by atoms with Gasteiger partial charge >= 0.3 is 0 Å². The molecule has 0 fully saturated rings. The van der Waals surface area contributed by atoms with Gasteiger partial charge in [0.15, 0.2) is 0 Å². The van der Waals surface area contributed by atoms with Gasteiger partial charge in [0.1, 0.15) is 5.82 Å². The van der Waals surface area contributed by atoms with Crippen LogP contribution in [-0.2, 0) is 11.3 Å². The Morgan fingerprint density at radius 2 is 2.43 bits per heavy atom. The first-order valence-corrected chi connectivity index (χ1v) is 5.04. The molecular weight excluding hydrogens is 178 g/mol. The van der Waals surface area contributed by atoms with Crippen molar-refractivity contribution in [3.8, 4) is 0 Å². The normalized spacial score (nSPS) is 13.1. The van der Waals surface area contributed by atoms with Crippen LogP contribution in [0.25, 0.3) is 0 Å². The summed E-state index contributed by atoms with van der Waals surface area (Å²) in [5, 5.41) is 3.35. The van der Waals surface area contributed by atoms with Crippen LogP contribution in [0.1, 0.15) is 25.4 Å². The number of aromatic nitrogens is 2. The molecule has 1 unspecified atom stereocenters. The average molecular weight is 197 g/mol. The molecule has 1 aromatic heterocycles. The number of nitrogens with one attached hydrogen (secondary N) is 2. The number of rotatable bonds is 6. The van der Waals surface area contributed by atoms with Crippen LogP contribution in [0.15, 0.2) is 6.20 Å².